The molecule has 1 amide bonds. The molecule has 2 rings (SSSR count). The van der Waals surface area contributed by atoms with E-state index in [1.54, 1.807) is 30.8 Å². The van der Waals surface area contributed by atoms with Gasteiger partial charge in [-0.15, -0.1) is 11.8 Å². The topological polar surface area (TPSA) is 38.8 Å². The highest BCUT2D eigenvalue weighted by Crippen LogP contribution is 2.27. The normalized spacial score (nSPS) is 10.6. The first kappa shape index (κ1) is 19.2. The lowest BCUT2D eigenvalue weighted by Gasteiger charge is -2.19. The van der Waals surface area contributed by atoms with Gasteiger partial charge in [-0.05, 0) is 36.4 Å². The number of likely N-dealkylation sites (N-methyl/N-ethyl adjacent to an activating group) is 1. The molecular weight excluding hydrogens is 334 g/mol. The number of methoxy groups -OCH3 is 1. The predicted molar refractivity (Wildman–Crippen MR) is 103 cm³/mol. The second-order valence-electron chi connectivity index (χ2n) is 5.91. The zero-order valence-corrected chi connectivity index (χ0v) is 16.0. The van der Waals surface area contributed by atoms with Crippen LogP contribution in [-0.2, 0) is 0 Å². The summed E-state index contributed by atoms with van der Waals surface area (Å²) < 4.78 is 10.8. The van der Waals surface area contributed by atoms with Gasteiger partial charge in [-0.3, -0.25) is 4.79 Å². The highest BCUT2D eigenvalue weighted by molar-refractivity contribution is 8.00. The fraction of sp³-hybridized carbons (Fsp3) is 0.350. The van der Waals surface area contributed by atoms with Crippen LogP contribution in [-0.4, -0.2) is 43.4 Å². The van der Waals surface area contributed by atoms with Gasteiger partial charge in [-0.25, -0.2) is 0 Å². The summed E-state index contributed by atoms with van der Waals surface area (Å²) >= 11 is 1.70. The Labute approximate surface area is 154 Å². The fourth-order valence-corrected chi connectivity index (χ4v) is 3.23. The second-order valence-corrected chi connectivity index (χ2v) is 7.53. The number of hydrogen-bond acceptors (Lipinski definition) is 4. The zero-order valence-electron chi connectivity index (χ0n) is 15.2. The summed E-state index contributed by atoms with van der Waals surface area (Å²) in [5.41, 5.74) is 0.744. The van der Waals surface area contributed by atoms with E-state index in [9.17, 15) is 4.79 Å². The summed E-state index contributed by atoms with van der Waals surface area (Å²) in [4.78, 5) is 15.4. The molecule has 0 spiro atoms. The lowest BCUT2D eigenvalue weighted by atomic mass is 10.2. The Morgan fingerprint density at radius 3 is 2.36 bits per heavy atom. The van der Waals surface area contributed by atoms with E-state index in [1.165, 1.54) is 0 Å². The SMILES string of the molecule is COc1ccc(OCCN(C)C(=O)c2ccccc2SC(C)C)cc1. The Morgan fingerprint density at radius 2 is 1.72 bits per heavy atom. The van der Waals surface area contributed by atoms with Gasteiger partial charge >= 0.3 is 0 Å². The Kier molecular flexibility index (Phi) is 7.19. The van der Waals surface area contributed by atoms with Gasteiger partial charge in [-0.1, -0.05) is 26.0 Å². The molecule has 25 heavy (non-hydrogen) atoms. The molecule has 0 saturated carbocycles. The average molecular weight is 359 g/mol. The maximum Gasteiger partial charge on any atom is 0.254 e. The molecule has 0 fully saturated rings. The monoisotopic (exact) mass is 359 g/mol. The minimum atomic E-state index is 0.0158. The van der Waals surface area contributed by atoms with E-state index in [2.05, 4.69) is 13.8 Å². The van der Waals surface area contributed by atoms with Gasteiger partial charge in [-0.2, -0.15) is 0 Å². The average Bonchev–Trinajstić information content (AvgIpc) is 2.61. The van der Waals surface area contributed by atoms with Crippen molar-refractivity contribution >= 4 is 17.7 Å². The number of carbonyl (C=O) groups is 1. The van der Waals surface area contributed by atoms with Gasteiger partial charge in [0.05, 0.1) is 19.2 Å². The van der Waals surface area contributed by atoms with Crippen LogP contribution in [0, 0.1) is 0 Å². The van der Waals surface area contributed by atoms with Crippen LogP contribution in [0.2, 0.25) is 0 Å². The van der Waals surface area contributed by atoms with E-state index >= 15 is 0 Å². The number of thioether (sulfide) groups is 1. The van der Waals surface area contributed by atoms with Gasteiger partial charge in [0, 0.05) is 17.2 Å². The molecule has 4 nitrogen and oxygen atoms in total. The summed E-state index contributed by atoms with van der Waals surface area (Å²) in [5.74, 6) is 1.57. The third-order valence-electron chi connectivity index (χ3n) is 3.58. The van der Waals surface area contributed by atoms with Crippen molar-refractivity contribution in [3.05, 3.63) is 54.1 Å². The maximum atomic E-state index is 12.7. The highest BCUT2D eigenvalue weighted by atomic mass is 32.2. The molecule has 0 atom stereocenters. The van der Waals surface area contributed by atoms with Gasteiger partial charge < -0.3 is 14.4 Å². The first-order chi connectivity index (χ1) is 12.0. The van der Waals surface area contributed by atoms with Crippen LogP contribution in [0.1, 0.15) is 24.2 Å². The molecule has 0 aliphatic heterocycles. The molecule has 0 N–H and O–H groups in total. The van der Waals surface area contributed by atoms with Crippen molar-refractivity contribution in [3.8, 4) is 11.5 Å². The molecule has 0 saturated heterocycles. The van der Waals surface area contributed by atoms with Crippen LogP contribution >= 0.6 is 11.8 Å². The van der Waals surface area contributed by atoms with E-state index in [4.69, 9.17) is 9.47 Å². The van der Waals surface area contributed by atoms with Crippen molar-refractivity contribution < 1.29 is 14.3 Å². The number of amides is 1. The highest BCUT2D eigenvalue weighted by Gasteiger charge is 2.16. The van der Waals surface area contributed by atoms with Gasteiger partial charge in [0.2, 0.25) is 0 Å². The Bertz CT molecular complexity index is 686. The van der Waals surface area contributed by atoms with E-state index < -0.39 is 0 Å². The molecule has 0 bridgehead atoms. The van der Waals surface area contributed by atoms with Crippen LogP contribution in [0.4, 0.5) is 0 Å². The zero-order chi connectivity index (χ0) is 18.2. The van der Waals surface area contributed by atoms with Crippen molar-refractivity contribution in [1.82, 2.24) is 4.90 Å². The Morgan fingerprint density at radius 1 is 1.08 bits per heavy atom. The van der Waals surface area contributed by atoms with E-state index in [1.807, 2.05) is 48.5 Å². The molecule has 5 heteroatoms. The molecule has 0 heterocycles. The molecule has 2 aromatic rings. The summed E-state index contributed by atoms with van der Waals surface area (Å²) in [6.45, 7) is 5.20. The van der Waals surface area contributed by atoms with Crippen LogP contribution in [0.3, 0.4) is 0 Å². The van der Waals surface area contributed by atoms with Crippen molar-refractivity contribution in [2.75, 3.05) is 27.3 Å². The number of benzene rings is 2. The molecule has 2 aromatic carbocycles. The van der Waals surface area contributed by atoms with E-state index in [-0.39, 0.29) is 5.91 Å². The summed E-state index contributed by atoms with van der Waals surface area (Å²) in [6.07, 6.45) is 0. The van der Waals surface area contributed by atoms with Crippen LogP contribution < -0.4 is 9.47 Å². The predicted octanol–water partition coefficient (Wildman–Crippen LogP) is 4.35. The van der Waals surface area contributed by atoms with Gasteiger partial charge in [0.25, 0.3) is 5.91 Å². The minimum Gasteiger partial charge on any atom is -0.497 e. The quantitative estimate of drug-likeness (QED) is 0.657. The fourth-order valence-electron chi connectivity index (χ4n) is 2.28. The number of ether oxygens (including phenoxy) is 2. The van der Waals surface area contributed by atoms with Crippen molar-refractivity contribution in [1.29, 1.82) is 0 Å². The third-order valence-corrected chi connectivity index (χ3v) is 4.66. The van der Waals surface area contributed by atoms with Crippen molar-refractivity contribution in [2.45, 2.75) is 24.0 Å². The molecule has 0 aromatic heterocycles. The van der Waals surface area contributed by atoms with Crippen LogP contribution in [0.15, 0.2) is 53.4 Å². The third kappa shape index (κ3) is 5.71. The van der Waals surface area contributed by atoms with Crippen LogP contribution in [0.5, 0.6) is 11.5 Å². The Balaban J connectivity index is 1.91. The smallest absolute Gasteiger partial charge is 0.254 e. The number of nitrogens with zero attached hydrogens (tertiary/aromatic N) is 1. The second kappa shape index (κ2) is 9.37. The summed E-state index contributed by atoms with van der Waals surface area (Å²) in [5, 5.41) is 0.428. The maximum absolute atomic E-state index is 12.7. The molecule has 0 radical (unpaired) electrons. The molecular formula is C20H25NO3S. The standard InChI is InChI=1S/C20H25NO3S/c1-15(2)25-19-8-6-5-7-18(19)20(22)21(3)13-14-24-17-11-9-16(23-4)10-12-17/h5-12,15H,13-14H2,1-4H3. The molecule has 0 unspecified atom stereocenters. The summed E-state index contributed by atoms with van der Waals surface area (Å²) in [6, 6.07) is 15.2. The molecule has 0 aliphatic carbocycles. The largest absolute Gasteiger partial charge is 0.497 e. The first-order valence-electron chi connectivity index (χ1n) is 8.29. The lowest BCUT2D eigenvalue weighted by Crippen LogP contribution is -2.31. The number of carbonyl (C=O) groups excluding carboxylic acids is 1. The number of hydrogen-bond donors (Lipinski definition) is 0. The lowest BCUT2D eigenvalue weighted by molar-refractivity contribution is 0.0770. The Hall–Kier alpha value is -2.14. The number of rotatable bonds is 8. The van der Waals surface area contributed by atoms with E-state index in [0.717, 1.165) is 22.0 Å². The van der Waals surface area contributed by atoms with Crippen molar-refractivity contribution in [3.63, 3.8) is 0 Å². The first-order valence-corrected chi connectivity index (χ1v) is 9.17. The molecule has 0 aliphatic rings. The molecule has 134 valence electrons. The van der Waals surface area contributed by atoms with E-state index in [0.29, 0.717) is 18.4 Å². The van der Waals surface area contributed by atoms with Crippen molar-refractivity contribution in [2.24, 2.45) is 0 Å². The van der Waals surface area contributed by atoms with Gasteiger partial charge in [0.15, 0.2) is 0 Å². The van der Waals surface area contributed by atoms with Gasteiger partial charge in [0.1, 0.15) is 18.1 Å². The van der Waals surface area contributed by atoms with Crippen LogP contribution in [0.25, 0.3) is 0 Å². The minimum absolute atomic E-state index is 0.0158. The summed E-state index contributed by atoms with van der Waals surface area (Å²) in [7, 11) is 3.43.